The zero-order valence-electron chi connectivity index (χ0n) is 12.5. The van der Waals surface area contributed by atoms with Crippen LogP contribution in [0.25, 0.3) is 0 Å². The van der Waals surface area contributed by atoms with Gasteiger partial charge in [-0.05, 0) is 59.0 Å². The number of nitrogens with zero attached hydrogens (tertiary/aromatic N) is 2. The van der Waals surface area contributed by atoms with E-state index < -0.39 is 0 Å². The molecule has 1 saturated heterocycles. The monoisotopic (exact) mass is 265 g/mol. The Hall–Kier alpha value is -0.630. The Morgan fingerprint density at radius 3 is 2.79 bits per heavy atom. The van der Waals surface area contributed by atoms with E-state index in [-0.39, 0.29) is 11.1 Å². The van der Waals surface area contributed by atoms with Crippen molar-refractivity contribution in [3.63, 3.8) is 0 Å². The minimum Gasteiger partial charge on any atom is -0.377 e. The highest BCUT2D eigenvalue weighted by Gasteiger charge is 2.40. The van der Waals surface area contributed by atoms with Crippen molar-refractivity contribution in [1.82, 2.24) is 10.2 Å². The summed E-state index contributed by atoms with van der Waals surface area (Å²) in [6.45, 7) is 4.35. The van der Waals surface area contributed by atoms with Gasteiger partial charge in [0.25, 0.3) is 0 Å². The first-order valence-corrected chi connectivity index (χ1v) is 7.46. The van der Waals surface area contributed by atoms with Crippen LogP contribution in [0.3, 0.4) is 0 Å². The summed E-state index contributed by atoms with van der Waals surface area (Å²) < 4.78 is 5.68. The predicted molar refractivity (Wildman–Crippen MR) is 75.9 cm³/mol. The lowest BCUT2D eigenvalue weighted by Crippen LogP contribution is -2.56. The van der Waals surface area contributed by atoms with Crippen molar-refractivity contribution >= 4 is 0 Å². The molecule has 1 aliphatic carbocycles. The smallest absolute Gasteiger partial charge is 0.108 e. The molecule has 1 N–H and O–H groups in total. The Balaban J connectivity index is 2.03. The van der Waals surface area contributed by atoms with Crippen LogP contribution in [0.15, 0.2) is 0 Å². The van der Waals surface area contributed by atoms with E-state index in [2.05, 4.69) is 23.2 Å². The van der Waals surface area contributed by atoms with Gasteiger partial charge in [-0.3, -0.25) is 4.90 Å². The summed E-state index contributed by atoms with van der Waals surface area (Å²) >= 11 is 0. The van der Waals surface area contributed by atoms with Gasteiger partial charge in [-0.25, -0.2) is 0 Å². The van der Waals surface area contributed by atoms with Crippen LogP contribution in [0.5, 0.6) is 0 Å². The van der Waals surface area contributed by atoms with Gasteiger partial charge in [0.15, 0.2) is 0 Å². The maximum atomic E-state index is 9.45. The summed E-state index contributed by atoms with van der Waals surface area (Å²) in [7, 11) is 3.73. The number of hydrogen-bond donors (Lipinski definition) is 1. The molecule has 3 atom stereocenters. The van der Waals surface area contributed by atoms with Gasteiger partial charge in [-0.15, -0.1) is 0 Å². The molecule has 1 heterocycles. The molecule has 0 spiro atoms. The molecule has 4 nitrogen and oxygen atoms in total. The summed E-state index contributed by atoms with van der Waals surface area (Å²) in [5, 5.41) is 12.7. The van der Waals surface area contributed by atoms with E-state index in [1.165, 1.54) is 12.8 Å². The van der Waals surface area contributed by atoms with E-state index >= 15 is 0 Å². The minimum atomic E-state index is -0.316. The molecule has 2 aliphatic rings. The van der Waals surface area contributed by atoms with Gasteiger partial charge >= 0.3 is 0 Å². The molecule has 108 valence electrons. The maximum Gasteiger partial charge on any atom is 0.108 e. The van der Waals surface area contributed by atoms with Crippen LogP contribution in [0.4, 0.5) is 0 Å². The topological polar surface area (TPSA) is 48.3 Å². The van der Waals surface area contributed by atoms with Crippen molar-refractivity contribution in [2.75, 3.05) is 27.2 Å². The predicted octanol–water partition coefficient (Wildman–Crippen LogP) is 1.91. The highest BCUT2D eigenvalue weighted by molar-refractivity contribution is 5.11. The normalized spacial score (nSPS) is 40.8. The van der Waals surface area contributed by atoms with Gasteiger partial charge in [0.1, 0.15) is 5.54 Å². The zero-order chi connectivity index (χ0) is 13.9. The molecular formula is C15H27N3O. The first kappa shape index (κ1) is 14.8. The zero-order valence-corrected chi connectivity index (χ0v) is 12.5. The van der Waals surface area contributed by atoms with E-state index in [9.17, 15) is 5.26 Å². The molecule has 1 aliphatic heterocycles. The highest BCUT2D eigenvalue weighted by atomic mass is 16.5. The summed E-state index contributed by atoms with van der Waals surface area (Å²) in [6, 6.07) is 3.03. The van der Waals surface area contributed by atoms with Crippen LogP contribution in [-0.2, 0) is 4.74 Å². The molecule has 0 aromatic carbocycles. The first-order chi connectivity index (χ1) is 9.06. The second-order valence-electron chi connectivity index (χ2n) is 6.42. The quantitative estimate of drug-likeness (QED) is 0.847. The van der Waals surface area contributed by atoms with Crippen LogP contribution >= 0.6 is 0 Å². The molecule has 2 rings (SSSR count). The number of likely N-dealkylation sites (tertiary alicyclic amines) is 1. The summed E-state index contributed by atoms with van der Waals surface area (Å²) in [5.74, 6) is 0. The third-order valence-corrected chi connectivity index (χ3v) is 5.12. The lowest BCUT2D eigenvalue weighted by Gasteiger charge is -2.47. The van der Waals surface area contributed by atoms with E-state index in [1.54, 1.807) is 0 Å². The average molecular weight is 265 g/mol. The van der Waals surface area contributed by atoms with Gasteiger partial charge < -0.3 is 10.1 Å². The van der Waals surface area contributed by atoms with E-state index in [1.807, 2.05) is 14.2 Å². The summed E-state index contributed by atoms with van der Waals surface area (Å²) in [6.07, 6.45) is 6.61. The molecule has 0 aromatic rings. The minimum absolute atomic E-state index is 0.00928. The van der Waals surface area contributed by atoms with Crippen molar-refractivity contribution in [3.05, 3.63) is 0 Å². The fourth-order valence-electron chi connectivity index (χ4n) is 3.66. The number of methoxy groups -OCH3 is 1. The van der Waals surface area contributed by atoms with Crippen molar-refractivity contribution in [2.45, 2.75) is 62.6 Å². The molecule has 0 bridgehead atoms. The number of ether oxygens (including phenoxy) is 1. The lowest BCUT2D eigenvalue weighted by atomic mass is 9.78. The summed E-state index contributed by atoms with van der Waals surface area (Å²) in [5.41, 5.74) is -0.325. The molecule has 0 radical (unpaired) electrons. The maximum absolute atomic E-state index is 9.45. The van der Waals surface area contributed by atoms with E-state index in [0.29, 0.717) is 6.04 Å². The van der Waals surface area contributed by atoms with Crippen molar-refractivity contribution < 1.29 is 4.74 Å². The second kappa shape index (κ2) is 5.78. The SMILES string of the molecule is CNC1(C#N)CCCC(N2CCCC(C)(OC)C2)C1. The fourth-order valence-corrected chi connectivity index (χ4v) is 3.66. The van der Waals surface area contributed by atoms with Gasteiger partial charge in [-0.1, -0.05) is 0 Å². The van der Waals surface area contributed by atoms with E-state index in [4.69, 9.17) is 4.74 Å². The van der Waals surface area contributed by atoms with Crippen LogP contribution in [-0.4, -0.2) is 49.3 Å². The van der Waals surface area contributed by atoms with Crippen LogP contribution in [0, 0.1) is 11.3 Å². The second-order valence-corrected chi connectivity index (χ2v) is 6.42. The third kappa shape index (κ3) is 3.10. The number of rotatable bonds is 3. The van der Waals surface area contributed by atoms with Gasteiger partial charge in [0.05, 0.1) is 11.7 Å². The molecule has 3 unspecified atom stereocenters. The molecule has 0 aromatic heterocycles. The highest BCUT2D eigenvalue weighted by Crippen LogP contribution is 2.34. The Morgan fingerprint density at radius 2 is 2.16 bits per heavy atom. The Kier molecular flexibility index (Phi) is 4.50. The number of hydrogen-bond acceptors (Lipinski definition) is 4. The fraction of sp³-hybridized carbons (Fsp3) is 0.933. The summed E-state index contributed by atoms with van der Waals surface area (Å²) in [4.78, 5) is 2.55. The molecular weight excluding hydrogens is 238 g/mol. The van der Waals surface area contributed by atoms with E-state index in [0.717, 1.165) is 38.8 Å². The third-order valence-electron chi connectivity index (χ3n) is 5.12. The van der Waals surface area contributed by atoms with Crippen LogP contribution in [0.2, 0.25) is 0 Å². The molecule has 4 heteroatoms. The standard InChI is InChI=1S/C15H27N3O/c1-14(19-3)7-5-9-18(12-14)13-6-4-8-15(10-13,11-16)17-2/h13,17H,4-10,12H2,1-3H3. The molecule has 0 amide bonds. The van der Waals surface area contributed by atoms with Crippen molar-refractivity contribution in [3.8, 4) is 6.07 Å². The molecule has 1 saturated carbocycles. The van der Waals surface area contributed by atoms with Crippen molar-refractivity contribution in [1.29, 1.82) is 5.26 Å². The Bertz CT molecular complexity index is 354. The van der Waals surface area contributed by atoms with Gasteiger partial charge in [0, 0.05) is 19.7 Å². The number of nitriles is 1. The molecule has 19 heavy (non-hydrogen) atoms. The number of piperidine rings is 1. The van der Waals surface area contributed by atoms with Crippen LogP contribution in [0.1, 0.15) is 45.4 Å². The average Bonchev–Trinajstić information content (AvgIpc) is 2.47. The van der Waals surface area contributed by atoms with Crippen LogP contribution < -0.4 is 5.32 Å². The Labute approximate surface area is 117 Å². The lowest BCUT2D eigenvalue weighted by molar-refractivity contribution is -0.0671. The van der Waals surface area contributed by atoms with Gasteiger partial charge in [-0.2, -0.15) is 5.26 Å². The van der Waals surface area contributed by atoms with Gasteiger partial charge in [0.2, 0.25) is 0 Å². The van der Waals surface area contributed by atoms with Crippen molar-refractivity contribution in [2.24, 2.45) is 0 Å². The largest absolute Gasteiger partial charge is 0.377 e. The number of nitrogens with one attached hydrogen (secondary N) is 1. The Morgan fingerprint density at radius 1 is 1.37 bits per heavy atom. The molecule has 2 fully saturated rings. The first-order valence-electron chi connectivity index (χ1n) is 7.46.